The van der Waals surface area contributed by atoms with Gasteiger partial charge in [-0.2, -0.15) is 26.3 Å². The number of hydrogen-bond acceptors (Lipinski definition) is 6. The molecule has 0 amide bonds. The summed E-state index contributed by atoms with van der Waals surface area (Å²) >= 11 is 5.94. The van der Waals surface area contributed by atoms with Crippen LogP contribution >= 0.6 is 11.6 Å². The first-order valence-corrected chi connectivity index (χ1v) is 10.7. The number of carbonyl (C=O) groups is 2. The zero-order valence-corrected chi connectivity index (χ0v) is 19.5. The molecule has 0 bridgehead atoms. The first-order valence-electron chi connectivity index (χ1n) is 10.3. The van der Waals surface area contributed by atoms with Crippen molar-refractivity contribution in [2.75, 3.05) is 31.1 Å². The summed E-state index contributed by atoms with van der Waals surface area (Å²) in [6, 6.07) is 8.11. The third-order valence-corrected chi connectivity index (χ3v) is 5.02. The number of carboxylic acids is 2. The Kier molecular flexibility index (Phi) is 10.1. The lowest BCUT2D eigenvalue weighted by atomic mass is 10.2. The Bertz CT molecular complexity index is 1150. The molecule has 0 atom stereocenters. The molecule has 1 aliphatic heterocycles. The molecular formula is C21H20ClF6N5O4. The van der Waals surface area contributed by atoms with E-state index in [4.69, 9.17) is 31.4 Å². The van der Waals surface area contributed by atoms with Gasteiger partial charge < -0.3 is 19.5 Å². The lowest BCUT2D eigenvalue weighted by molar-refractivity contribution is -0.193. The predicted octanol–water partition coefficient (Wildman–Crippen LogP) is 3.97. The van der Waals surface area contributed by atoms with Crippen LogP contribution in [-0.2, 0) is 16.1 Å². The number of aromatic nitrogens is 3. The molecule has 1 aliphatic rings. The molecule has 0 aliphatic carbocycles. The van der Waals surface area contributed by atoms with Gasteiger partial charge in [-0.3, -0.25) is 4.90 Å². The largest absolute Gasteiger partial charge is 0.490 e. The molecule has 37 heavy (non-hydrogen) atoms. The zero-order valence-electron chi connectivity index (χ0n) is 18.7. The number of carboxylic acid groups (broad SMARTS) is 2. The molecule has 2 N–H and O–H groups in total. The molecular weight excluding hydrogens is 536 g/mol. The van der Waals surface area contributed by atoms with E-state index < -0.39 is 24.3 Å². The summed E-state index contributed by atoms with van der Waals surface area (Å²) in [4.78, 5) is 31.5. The number of piperazine rings is 1. The number of anilines is 1. The predicted molar refractivity (Wildman–Crippen MR) is 119 cm³/mol. The van der Waals surface area contributed by atoms with Gasteiger partial charge in [0.15, 0.2) is 11.5 Å². The summed E-state index contributed by atoms with van der Waals surface area (Å²) in [6.45, 7) is 4.93. The summed E-state index contributed by atoms with van der Waals surface area (Å²) < 4.78 is 65.5. The Morgan fingerprint density at radius 2 is 1.30 bits per heavy atom. The molecule has 1 fully saturated rings. The second kappa shape index (κ2) is 12.6. The van der Waals surface area contributed by atoms with Crippen LogP contribution in [0.4, 0.5) is 32.2 Å². The molecule has 1 aromatic carbocycles. The van der Waals surface area contributed by atoms with Crippen LogP contribution in [0, 0.1) is 0 Å². The fourth-order valence-electron chi connectivity index (χ4n) is 3.03. The maximum Gasteiger partial charge on any atom is 0.490 e. The van der Waals surface area contributed by atoms with Gasteiger partial charge in [-0.15, -0.1) is 0 Å². The van der Waals surface area contributed by atoms with Crippen molar-refractivity contribution in [1.82, 2.24) is 19.3 Å². The number of aliphatic carboxylic acids is 2. The van der Waals surface area contributed by atoms with E-state index in [1.807, 2.05) is 41.3 Å². The number of alkyl halides is 6. The standard InChI is InChI=1S/C17H18ClN5.2C2HF3O2/c18-15-3-1-14(2-4-15)13-21-9-11-23(12-10-21)17-16-19-5-7-22(16)8-6-20-17;2*3-2(4,5)1(6)7/h1-8H,9-13H2;2*(H,6,7). The van der Waals surface area contributed by atoms with Crippen LogP contribution in [0.2, 0.25) is 5.02 Å². The van der Waals surface area contributed by atoms with Gasteiger partial charge >= 0.3 is 24.3 Å². The fraction of sp³-hybridized carbons (Fsp3) is 0.333. The summed E-state index contributed by atoms with van der Waals surface area (Å²) in [7, 11) is 0. The van der Waals surface area contributed by atoms with Crippen molar-refractivity contribution in [1.29, 1.82) is 0 Å². The summed E-state index contributed by atoms with van der Waals surface area (Å²) in [6.07, 6.45) is -2.62. The van der Waals surface area contributed by atoms with Gasteiger partial charge in [0.05, 0.1) is 0 Å². The van der Waals surface area contributed by atoms with Gasteiger partial charge in [-0.1, -0.05) is 23.7 Å². The summed E-state index contributed by atoms with van der Waals surface area (Å²) in [5.74, 6) is -4.54. The first-order chi connectivity index (χ1) is 17.2. The Labute approximate surface area is 210 Å². The quantitative estimate of drug-likeness (QED) is 0.467. The van der Waals surface area contributed by atoms with E-state index in [1.54, 1.807) is 0 Å². The topological polar surface area (TPSA) is 111 Å². The van der Waals surface area contributed by atoms with Crippen LogP contribution < -0.4 is 4.90 Å². The highest BCUT2D eigenvalue weighted by Gasteiger charge is 2.38. The van der Waals surface area contributed by atoms with E-state index >= 15 is 0 Å². The number of nitrogens with zero attached hydrogens (tertiary/aromatic N) is 5. The van der Waals surface area contributed by atoms with Crippen LogP contribution in [-0.4, -0.2) is 80.0 Å². The smallest absolute Gasteiger partial charge is 0.475 e. The molecule has 0 spiro atoms. The monoisotopic (exact) mass is 555 g/mol. The van der Waals surface area contributed by atoms with Crippen molar-refractivity contribution in [3.63, 3.8) is 0 Å². The Morgan fingerprint density at radius 3 is 1.76 bits per heavy atom. The fourth-order valence-corrected chi connectivity index (χ4v) is 3.15. The van der Waals surface area contributed by atoms with Crippen LogP contribution in [0.25, 0.3) is 5.65 Å². The zero-order chi connectivity index (χ0) is 27.8. The third-order valence-electron chi connectivity index (χ3n) is 4.77. The number of hydrogen-bond donors (Lipinski definition) is 2. The van der Waals surface area contributed by atoms with Crippen LogP contribution in [0.15, 0.2) is 49.1 Å². The number of rotatable bonds is 3. The van der Waals surface area contributed by atoms with Crippen molar-refractivity contribution in [3.05, 3.63) is 59.6 Å². The minimum absolute atomic E-state index is 0.789. The van der Waals surface area contributed by atoms with Crippen molar-refractivity contribution < 1.29 is 46.1 Å². The SMILES string of the molecule is Clc1ccc(CN2CCN(c3nccn4ccnc34)CC2)cc1.O=C(O)C(F)(F)F.O=C(O)C(F)(F)F. The van der Waals surface area contributed by atoms with Crippen LogP contribution in [0.5, 0.6) is 0 Å². The van der Waals surface area contributed by atoms with Gasteiger partial charge in [-0.05, 0) is 17.7 Å². The molecule has 0 radical (unpaired) electrons. The molecule has 16 heteroatoms. The maximum atomic E-state index is 10.6. The Morgan fingerprint density at radius 1 is 0.838 bits per heavy atom. The van der Waals surface area contributed by atoms with E-state index in [0.717, 1.165) is 49.2 Å². The lowest BCUT2D eigenvalue weighted by Gasteiger charge is -2.35. The van der Waals surface area contributed by atoms with E-state index in [1.165, 1.54) is 5.56 Å². The van der Waals surface area contributed by atoms with E-state index in [-0.39, 0.29) is 0 Å². The normalized spacial score (nSPS) is 14.3. The molecule has 9 nitrogen and oxygen atoms in total. The molecule has 2 aromatic heterocycles. The summed E-state index contributed by atoms with van der Waals surface area (Å²) in [5, 5.41) is 15.0. The van der Waals surface area contributed by atoms with Crippen molar-refractivity contribution in [2.24, 2.45) is 0 Å². The highest BCUT2D eigenvalue weighted by atomic mass is 35.5. The molecule has 0 saturated carbocycles. The van der Waals surface area contributed by atoms with E-state index in [9.17, 15) is 26.3 Å². The molecule has 0 unspecified atom stereocenters. The second-order valence-electron chi connectivity index (χ2n) is 7.40. The minimum Gasteiger partial charge on any atom is -0.475 e. The number of halogens is 7. The Balaban J connectivity index is 0.000000286. The number of fused-ring (bicyclic) bond motifs is 1. The van der Waals surface area contributed by atoms with Gasteiger partial charge in [0.2, 0.25) is 0 Å². The molecule has 1 saturated heterocycles. The molecule has 3 aromatic rings. The van der Waals surface area contributed by atoms with Crippen LogP contribution in [0.1, 0.15) is 5.56 Å². The van der Waals surface area contributed by atoms with E-state index in [2.05, 4.69) is 31.9 Å². The van der Waals surface area contributed by atoms with Gasteiger partial charge in [0, 0.05) is 62.5 Å². The third kappa shape index (κ3) is 9.42. The van der Waals surface area contributed by atoms with Crippen molar-refractivity contribution >= 4 is 35.0 Å². The molecule has 202 valence electrons. The first kappa shape index (κ1) is 29.6. The highest BCUT2D eigenvalue weighted by Crippen LogP contribution is 2.20. The Hall–Kier alpha value is -3.59. The van der Waals surface area contributed by atoms with Gasteiger partial charge in [-0.25, -0.2) is 19.6 Å². The highest BCUT2D eigenvalue weighted by molar-refractivity contribution is 6.30. The molecule has 4 rings (SSSR count). The second-order valence-corrected chi connectivity index (χ2v) is 7.84. The maximum absolute atomic E-state index is 10.6. The number of benzene rings is 1. The van der Waals surface area contributed by atoms with Gasteiger partial charge in [0.1, 0.15) is 0 Å². The number of imidazole rings is 1. The van der Waals surface area contributed by atoms with E-state index in [0.29, 0.717) is 0 Å². The summed E-state index contributed by atoms with van der Waals surface area (Å²) in [5.41, 5.74) is 2.23. The minimum atomic E-state index is -5.08. The van der Waals surface area contributed by atoms with Crippen molar-refractivity contribution in [2.45, 2.75) is 18.9 Å². The molecule has 3 heterocycles. The van der Waals surface area contributed by atoms with Gasteiger partial charge in [0.25, 0.3) is 0 Å². The van der Waals surface area contributed by atoms with Crippen molar-refractivity contribution in [3.8, 4) is 0 Å². The average molecular weight is 556 g/mol. The van der Waals surface area contributed by atoms with Crippen LogP contribution in [0.3, 0.4) is 0 Å². The lowest BCUT2D eigenvalue weighted by Crippen LogP contribution is -2.46. The average Bonchev–Trinajstić information content (AvgIpc) is 3.30.